The number of carbonyl (C=O) groups is 1. The smallest absolute Gasteiger partial charge is 0.289 e. The minimum Gasteiger partial charge on any atom is -0.497 e. The van der Waals surface area contributed by atoms with Crippen molar-refractivity contribution in [2.75, 3.05) is 33.3 Å². The van der Waals surface area contributed by atoms with Gasteiger partial charge in [-0.1, -0.05) is 11.6 Å². The van der Waals surface area contributed by atoms with Crippen LogP contribution in [0.1, 0.15) is 16.1 Å². The molecular weight excluding hydrogens is 428 g/mol. The van der Waals surface area contributed by atoms with Crippen LogP contribution in [0.15, 0.2) is 51.8 Å². The molecule has 0 atom stereocenters. The molecule has 0 saturated carbocycles. The predicted molar refractivity (Wildman–Crippen MR) is 114 cm³/mol. The number of methoxy groups -OCH3 is 1. The Morgan fingerprint density at radius 2 is 1.73 bits per heavy atom. The summed E-state index contributed by atoms with van der Waals surface area (Å²) in [6, 6.07) is 11.5. The summed E-state index contributed by atoms with van der Waals surface area (Å²) in [5.41, 5.74) is 1.35. The number of piperazine rings is 1. The second-order valence-electron chi connectivity index (χ2n) is 7.07. The molecule has 158 valence electrons. The Kier molecular flexibility index (Phi) is 5.48. The average molecular weight is 449 g/mol. The highest BCUT2D eigenvalue weighted by atomic mass is 35.5. The Morgan fingerprint density at radius 3 is 2.37 bits per heavy atom. The molecule has 0 spiro atoms. The molecule has 1 aromatic heterocycles. The summed E-state index contributed by atoms with van der Waals surface area (Å²) >= 11 is 5.85. The van der Waals surface area contributed by atoms with Crippen LogP contribution >= 0.6 is 11.6 Å². The van der Waals surface area contributed by atoms with Crippen LogP contribution in [0.2, 0.25) is 5.02 Å². The highest BCUT2D eigenvalue weighted by molar-refractivity contribution is 7.89. The van der Waals surface area contributed by atoms with E-state index >= 15 is 0 Å². The Bertz CT molecular complexity index is 1200. The molecule has 4 rings (SSSR count). The first-order valence-corrected chi connectivity index (χ1v) is 11.2. The summed E-state index contributed by atoms with van der Waals surface area (Å²) in [5.74, 6) is 0.713. The van der Waals surface area contributed by atoms with Gasteiger partial charge in [-0.3, -0.25) is 4.79 Å². The zero-order valence-electron chi connectivity index (χ0n) is 16.6. The monoisotopic (exact) mass is 448 g/mol. The lowest BCUT2D eigenvalue weighted by Gasteiger charge is -2.33. The van der Waals surface area contributed by atoms with Crippen molar-refractivity contribution >= 4 is 38.5 Å². The van der Waals surface area contributed by atoms with Crippen LogP contribution < -0.4 is 4.74 Å². The third kappa shape index (κ3) is 3.66. The molecule has 7 nitrogen and oxygen atoms in total. The number of ether oxygens (including phenoxy) is 1. The number of benzene rings is 2. The lowest BCUT2D eigenvalue weighted by Crippen LogP contribution is -2.50. The Morgan fingerprint density at radius 1 is 1.07 bits per heavy atom. The second-order valence-corrected chi connectivity index (χ2v) is 9.44. The minimum absolute atomic E-state index is 0.189. The summed E-state index contributed by atoms with van der Waals surface area (Å²) in [5, 5.41) is 1.30. The Labute approximate surface area is 179 Å². The quantitative estimate of drug-likeness (QED) is 0.609. The van der Waals surface area contributed by atoms with E-state index in [1.807, 2.05) is 13.0 Å². The first kappa shape index (κ1) is 20.7. The number of nitrogens with zero attached hydrogens (tertiary/aromatic N) is 2. The molecule has 30 heavy (non-hydrogen) atoms. The van der Waals surface area contributed by atoms with E-state index in [0.717, 1.165) is 10.9 Å². The van der Waals surface area contributed by atoms with E-state index in [4.69, 9.17) is 20.8 Å². The number of halogens is 1. The third-order valence-electron chi connectivity index (χ3n) is 5.31. The van der Waals surface area contributed by atoms with Crippen molar-refractivity contribution in [1.29, 1.82) is 0 Å². The Balaban J connectivity index is 1.50. The van der Waals surface area contributed by atoms with Crippen molar-refractivity contribution < 1.29 is 22.4 Å². The van der Waals surface area contributed by atoms with Gasteiger partial charge in [0.2, 0.25) is 10.0 Å². The van der Waals surface area contributed by atoms with E-state index in [-0.39, 0.29) is 42.7 Å². The van der Waals surface area contributed by atoms with Gasteiger partial charge in [-0.05, 0) is 49.4 Å². The zero-order valence-corrected chi connectivity index (χ0v) is 18.2. The van der Waals surface area contributed by atoms with E-state index in [9.17, 15) is 13.2 Å². The van der Waals surface area contributed by atoms with Crippen molar-refractivity contribution in [1.82, 2.24) is 9.21 Å². The van der Waals surface area contributed by atoms with E-state index in [2.05, 4.69) is 0 Å². The standard InChI is InChI=1S/C21H21ClN2O5S/c1-14-18-13-16(28-2)5-8-19(18)29-20(14)21(25)23-9-11-24(12-10-23)30(26,27)17-6-3-15(22)4-7-17/h3-8,13H,9-12H2,1-2H3. The van der Waals surface area contributed by atoms with E-state index in [1.54, 1.807) is 36.3 Å². The first-order valence-electron chi connectivity index (χ1n) is 9.43. The summed E-state index contributed by atoms with van der Waals surface area (Å²) in [7, 11) is -2.05. The van der Waals surface area contributed by atoms with Gasteiger partial charge in [0.25, 0.3) is 5.91 Å². The molecule has 0 unspecified atom stereocenters. The predicted octanol–water partition coefficient (Wildman–Crippen LogP) is 3.55. The summed E-state index contributed by atoms with van der Waals surface area (Å²) < 4.78 is 38.1. The first-order chi connectivity index (χ1) is 14.3. The van der Waals surface area contributed by atoms with Gasteiger partial charge in [0, 0.05) is 42.2 Å². The van der Waals surface area contributed by atoms with Crippen molar-refractivity contribution in [3.05, 3.63) is 58.8 Å². The van der Waals surface area contributed by atoms with Gasteiger partial charge in [-0.2, -0.15) is 4.31 Å². The highest BCUT2D eigenvalue weighted by Crippen LogP contribution is 2.30. The van der Waals surface area contributed by atoms with E-state index in [0.29, 0.717) is 16.4 Å². The molecule has 1 aliphatic heterocycles. The highest BCUT2D eigenvalue weighted by Gasteiger charge is 2.32. The molecule has 9 heteroatoms. The SMILES string of the molecule is COc1ccc2oc(C(=O)N3CCN(S(=O)(=O)c4ccc(Cl)cc4)CC3)c(C)c2c1. The molecule has 0 radical (unpaired) electrons. The van der Waals surface area contributed by atoms with Crippen LogP contribution in [0.4, 0.5) is 0 Å². The molecule has 2 aromatic carbocycles. The van der Waals surface area contributed by atoms with E-state index in [1.165, 1.54) is 16.4 Å². The van der Waals surface area contributed by atoms with Gasteiger partial charge in [0.15, 0.2) is 5.76 Å². The minimum atomic E-state index is -3.63. The molecule has 1 amide bonds. The summed E-state index contributed by atoms with van der Waals surface area (Å²) in [4.78, 5) is 14.8. The molecule has 3 aromatic rings. The fourth-order valence-corrected chi connectivity index (χ4v) is 5.11. The lowest BCUT2D eigenvalue weighted by molar-refractivity contribution is 0.0667. The third-order valence-corrected chi connectivity index (χ3v) is 7.48. The van der Waals surface area contributed by atoms with Crippen molar-refractivity contribution in [3.63, 3.8) is 0 Å². The number of aryl methyl sites for hydroxylation is 1. The molecule has 2 heterocycles. The fraction of sp³-hybridized carbons (Fsp3) is 0.286. The number of rotatable bonds is 4. The van der Waals surface area contributed by atoms with Crippen LogP contribution in [0.25, 0.3) is 11.0 Å². The van der Waals surface area contributed by atoms with Gasteiger partial charge in [-0.25, -0.2) is 8.42 Å². The van der Waals surface area contributed by atoms with Crippen molar-refractivity contribution in [3.8, 4) is 5.75 Å². The van der Waals surface area contributed by atoms with Gasteiger partial charge in [-0.15, -0.1) is 0 Å². The average Bonchev–Trinajstić information content (AvgIpc) is 3.09. The molecule has 0 N–H and O–H groups in total. The maximum Gasteiger partial charge on any atom is 0.289 e. The van der Waals surface area contributed by atoms with Crippen molar-refractivity contribution in [2.45, 2.75) is 11.8 Å². The molecule has 1 saturated heterocycles. The maximum atomic E-state index is 13.0. The van der Waals surface area contributed by atoms with Gasteiger partial charge in [0.05, 0.1) is 12.0 Å². The number of hydrogen-bond donors (Lipinski definition) is 0. The molecular formula is C21H21ClN2O5S. The van der Waals surface area contributed by atoms with Crippen LogP contribution in [0, 0.1) is 6.92 Å². The maximum absolute atomic E-state index is 13.0. The van der Waals surface area contributed by atoms with Crippen LogP contribution in [-0.4, -0.2) is 56.8 Å². The molecule has 0 aliphatic carbocycles. The van der Waals surface area contributed by atoms with Crippen LogP contribution in [-0.2, 0) is 10.0 Å². The fourth-order valence-electron chi connectivity index (χ4n) is 3.56. The van der Waals surface area contributed by atoms with Crippen molar-refractivity contribution in [2.24, 2.45) is 0 Å². The number of amides is 1. The topological polar surface area (TPSA) is 80.1 Å². The summed E-state index contributed by atoms with van der Waals surface area (Å²) in [6.07, 6.45) is 0. The van der Waals surface area contributed by atoms with Gasteiger partial charge in [0.1, 0.15) is 11.3 Å². The van der Waals surface area contributed by atoms with Crippen LogP contribution in [0.3, 0.4) is 0 Å². The second kappa shape index (κ2) is 7.94. The van der Waals surface area contributed by atoms with Gasteiger partial charge < -0.3 is 14.1 Å². The molecule has 0 bridgehead atoms. The number of hydrogen-bond acceptors (Lipinski definition) is 5. The zero-order chi connectivity index (χ0) is 21.5. The number of carbonyl (C=O) groups excluding carboxylic acids is 1. The molecule has 1 aliphatic rings. The Hall–Kier alpha value is -2.55. The largest absolute Gasteiger partial charge is 0.497 e. The number of furan rings is 1. The lowest BCUT2D eigenvalue weighted by atomic mass is 10.1. The van der Waals surface area contributed by atoms with Gasteiger partial charge >= 0.3 is 0 Å². The summed E-state index contributed by atoms with van der Waals surface area (Å²) in [6.45, 7) is 2.82. The van der Waals surface area contributed by atoms with E-state index < -0.39 is 10.0 Å². The van der Waals surface area contributed by atoms with Crippen LogP contribution in [0.5, 0.6) is 5.75 Å². The number of fused-ring (bicyclic) bond motifs is 1. The number of sulfonamides is 1. The normalized spacial score (nSPS) is 15.5. The molecule has 1 fully saturated rings.